The normalized spacial score (nSPS) is 11.7. The van der Waals surface area contributed by atoms with Gasteiger partial charge in [-0.05, 0) is 61.7 Å². The van der Waals surface area contributed by atoms with Gasteiger partial charge in [0, 0.05) is 38.6 Å². The fraction of sp³-hybridized carbons (Fsp3) is 0.273. The smallest absolute Gasteiger partial charge is 0.251 e. The zero-order valence-electron chi connectivity index (χ0n) is 18.1. The van der Waals surface area contributed by atoms with Crippen molar-refractivity contribution >= 4 is 15.9 Å². The van der Waals surface area contributed by atoms with Crippen LogP contribution in [0.1, 0.15) is 32.9 Å². The van der Waals surface area contributed by atoms with E-state index in [1.165, 1.54) is 26.2 Å². The number of rotatable bonds is 6. The van der Waals surface area contributed by atoms with E-state index in [-0.39, 0.29) is 17.0 Å². The van der Waals surface area contributed by atoms with Crippen LogP contribution in [-0.4, -0.2) is 42.3 Å². The number of hydrogen-bond acceptors (Lipinski definition) is 4. The highest BCUT2D eigenvalue weighted by Gasteiger charge is 2.23. The van der Waals surface area contributed by atoms with Gasteiger partial charge in [0.25, 0.3) is 5.91 Å². The molecule has 0 spiro atoms. The van der Waals surface area contributed by atoms with Gasteiger partial charge in [-0.3, -0.25) is 4.79 Å². The lowest BCUT2D eigenvalue weighted by Gasteiger charge is -2.16. The molecule has 9 heteroatoms. The number of halogens is 1. The van der Waals surface area contributed by atoms with Crippen molar-refractivity contribution in [3.8, 4) is 5.69 Å². The van der Waals surface area contributed by atoms with Crippen molar-refractivity contribution in [1.29, 1.82) is 0 Å². The van der Waals surface area contributed by atoms with Crippen LogP contribution >= 0.6 is 0 Å². The first kappa shape index (κ1) is 22.6. The van der Waals surface area contributed by atoms with E-state index in [2.05, 4.69) is 10.3 Å². The molecule has 0 aliphatic rings. The van der Waals surface area contributed by atoms with E-state index >= 15 is 0 Å². The molecule has 164 valence electrons. The second-order valence-corrected chi connectivity index (χ2v) is 9.64. The molecule has 1 aromatic heterocycles. The van der Waals surface area contributed by atoms with Gasteiger partial charge in [-0.25, -0.2) is 22.1 Å². The Morgan fingerprint density at radius 1 is 1.16 bits per heavy atom. The Balaban J connectivity index is 1.81. The molecule has 0 aliphatic heterocycles. The minimum absolute atomic E-state index is 0.0914. The average molecular weight is 445 g/mol. The molecule has 2 aromatic carbocycles. The Morgan fingerprint density at radius 2 is 1.87 bits per heavy atom. The Labute approximate surface area is 181 Å². The lowest BCUT2D eigenvalue weighted by atomic mass is 10.1. The summed E-state index contributed by atoms with van der Waals surface area (Å²) >= 11 is 0. The molecule has 1 N–H and O–H groups in total. The van der Waals surface area contributed by atoms with Crippen LogP contribution in [0.15, 0.2) is 47.6 Å². The minimum atomic E-state index is -3.69. The molecule has 0 radical (unpaired) electrons. The topological polar surface area (TPSA) is 84.3 Å². The van der Waals surface area contributed by atoms with Crippen LogP contribution in [0.5, 0.6) is 0 Å². The van der Waals surface area contributed by atoms with E-state index in [4.69, 9.17) is 0 Å². The molecule has 1 heterocycles. The lowest BCUT2D eigenvalue weighted by molar-refractivity contribution is 0.0950. The van der Waals surface area contributed by atoms with Crippen LogP contribution in [0.3, 0.4) is 0 Å². The maximum absolute atomic E-state index is 14.6. The van der Waals surface area contributed by atoms with Crippen molar-refractivity contribution in [3.63, 3.8) is 0 Å². The van der Waals surface area contributed by atoms with E-state index in [0.717, 1.165) is 4.31 Å². The molecule has 0 atom stereocenters. The SMILES string of the molecule is Cc1cc(C(=O)NCc2ccc(-n3ccnc3C)c(F)c2)cc(S(=O)(=O)N(C)C)c1C. The van der Waals surface area contributed by atoms with Crippen molar-refractivity contribution in [1.82, 2.24) is 19.2 Å². The van der Waals surface area contributed by atoms with E-state index in [9.17, 15) is 17.6 Å². The van der Waals surface area contributed by atoms with Crippen molar-refractivity contribution in [2.75, 3.05) is 14.1 Å². The van der Waals surface area contributed by atoms with Gasteiger partial charge in [-0.15, -0.1) is 0 Å². The van der Waals surface area contributed by atoms with Gasteiger partial charge in [-0.2, -0.15) is 0 Å². The van der Waals surface area contributed by atoms with Crippen molar-refractivity contribution < 1.29 is 17.6 Å². The molecular formula is C22H25FN4O3S. The summed E-state index contributed by atoms with van der Waals surface area (Å²) in [6.07, 6.45) is 3.27. The van der Waals surface area contributed by atoms with E-state index < -0.39 is 21.7 Å². The predicted octanol–water partition coefficient (Wildman–Crippen LogP) is 3.12. The molecule has 0 unspecified atom stereocenters. The quantitative estimate of drug-likeness (QED) is 0.633. The Morgan fingerprint density at radius 3 is 2.45 bits per heavy atom. The van der Waals surface area contributed by atoms with Crippen LogP contribution in [0.25, 0.3) is 5.69 Å². The van der Waals surface area contributed by atoms with Gasteiger partial charge < -0.3 is 9.88 Å². The Kier molecular flexibility index (Phi) is 6.28. The number of aromatic nitrogens is 2. The average Bonchev–Trinajstić information content (AvgIpc) is 3.13. The number of imidazole rings is 1. The predicted molar refractivity (Wildman–Crippen MR) is 116 cm³/mol. The first-order valence-corrected chi connectivity index (χ1v) is 11.1. The molecule has 7 nitrogen and oxygen atoms in total. The third kappa shape index (κ3) is 4.52. The summed E-state index contributed by atoms with van der Waals surface area (Å²) in [4.78, 5) is 16.9. The molecular weight excluding hydrogens is 419 g/mol. The van der Waals surface area contributed by atoms with Gasteiger partial charge in [0.1, 0.15) is 11.6 Å². The first-order chi connectivity index (χ1) is 14.5. The minimum Gasteiger partial charge on any atom is -0.348 e. The number of hydrogen-bond donors (Lipinski definition) is 1. The molecule has 3 rings (SSSR count). The molecule has 3 aromatic rings. The molecule has 0 saturated heterocycles. The zero-order chi connectivity index (χ0) is 22.9. The fourth-order valence-corrected chi connectivity index (χ4v) is 4.41. The Bertz CT molecular complexity index is 1250. The zero-order valence-corrected chi connectivity index (χ0v) is 18.9. The summed E-state index contributed by atoms with van der Waals surface area (Å²) in [7, 11) is -0.803. The maximum atomic E-state index is 14.6. The molecule has 0 aliphatic carbocycles. The number of sulfonamides is 1. The van der Waals surface area contributed by atoms with Gasteiger partial charge in [0.05, 0.1) is 10.6 Å². The molecule has 0 fully saturated rings. The van der Waals surface area contributed by atoms with Crippen LogP contribution in [0.4, 0.5) is 4.39 Å². The van der Waals surface area contributed by atoms with Crippen molar-refractivity contribution in [2.45, 2.75) is 32.2 Å². The van der Waals surface area contributed by atoms with Crippen LogP contribution in [-0.2, 0) is 16.6 Å². The van der Waals surface area contributed by atoms with E-state index in [0.29, 0.717) is 28.2 Å². The monoisotopic (exact) mass is 444 g/mol. The van der Waals surface area contributed by atoms with Crippen molar-refractivity contribution in [3.05, 3.63) is 76.6 Å². The number of benzene rings is 2. The summed E-state index contributed by atoms with van der Waals surface area (Å²) in [6.45, 7) is 5.34. The molecule has 1 amide bonds. The Hall–Kier alpha value is -3.04. The van der Waals surface area contributed by atoms with Crippen LogP contribution < -0.4 is 5.32 Å². The second-order valence-electron chi connectivity index (χ2n) is 7.52. The molecule has 0 saturated carbocycles. The highest BCUT2D eigenvalue weighted by atomic mass is 32.2. The number of carbonyl (C=O) groups excluding carboxylic acids is 1. The largest absolute Gasteiger partial charge is 0.348 e. The van der Waals surface area contributed by atoms with E-state index in [1.54, 1.807) is 55.9 Å². The number of nitrogens with zero attached hydrogens (tertiary/aromatic N) is 3. The van der Waals surface area contributed by atoms with Crippen LogP contribution in [0, 0.1) is 26.6 Å². The second kappa shape index (κ2) is 8.60. The maximum Gasteiger partial charge on any atom is 0.251 e. The third-order valence-electron chi connectivity index (χ3n) is 5.19. The molecule has 31 heavy (non-hydrogen) atoms. The summed E-state index contributed by atoms with van der Waals surface area (Å²) in [5.74, 6) is -0.204. The third-order valence-corrected chi connectivity index (χ3v) is 7.13. The summed E-state index contributed by atoms with van der Waals surface area (Å²) in [5.41, 5.74) is 2.47. The van der Waals surface area contributed by atoms with Gasteiger partial charge in [-0.1, -0.05) is 6.07 Å². The van der Waals surface area contributed by atoms with Gasteiger partial charge in [0.2, 0.25) is 10.0 Å². The van der Waals surface area contributed by atoms with E-state index in [1.807, 2.05) is 0 Å². The number of aryl methyl sites for hydroxylation is 2. The number of nitrogens with one attached hydrogen (secondary N) is 1. The van der Waals surface area contributed by atoms with Gasteiger partial charge >= 0.3 is 0 Å². The summed E-state index contributed by atoms with van der Waals surface area (Å²) in [6, 6.07) is 7.73. The van der Waals surface area contributed by atoms with Crippen molar-refractivity contribution in [2.24, 2.45) is 0 Å². The number of carbonyl (C=O) groups is 1. The standard InChI is InChI=1S/C22H25FN4O3S/c1-14-10-18(12-21(15(14)2)31(29,30)26(4)5)22(28)25-13-17-6-7-20(19(23)11-17)27-9-8-24-16(27)3/h6-12H,13H2,1-5H3,(H,25,28). The first-order valence-electron chi connectivity index (χ1n) is 9.63. The lowest BCUT2D eigenvalue weighted by Crippen LogP contribution is -2.26. The summed E-state index contributed by atoms with van der Waals surface area (Å²) in [5, 5.41) is 2.73. The van der Waals surface area contributed by atoms with Gasteiger partial charge in [0.15, 0.2) is 0 Å². The van der Waals surface area contributed by atoms with Crippen LogP contribution in [0.2, 0.25) is 0 Å². The molecule has 0 bridgehead atoms. The number of amides is 1. The highest BCUT2D eigenvalue weighted by molar-refractivity contribution is 7.89. The fourth-order valence-electron chi connectivity index (χ4n) is 3.20. The highest BCUT2D eigenvalue weighted by Crippen LogP contribution is 2.23. The summed E-state index contributed by atoms with van der Waals surface area (Å²) < 4.78 is 42.5.